The van der Waals surface area contributed by atoms with Gasteiger partial charge in [-0.05, 0) is 61.4 Å². The van der Waals surface area contributed by atoms with E-state index in [9.17, 15) is 9.59 Å². The van der Waals surface area contributed by atoms with Gasteiger partial charge in [-0.25, -0.2) is 9.79 Å². The van der Waals surface area contributed by atoms with E-state index in [1.807, 2.05) is 55.5 Å². The van der Waals surface area contributed by atoms with Crippen LogP contribution < -0.4 is 24.4 Å². The Hall–Kier alpha value is -3.66. The molecule has 10 heteroatoms. The van der Waals surface area contributed by atoms with Gasteiger partial charge >= 0.3 is 5.97 Å². The van der Waals surface area contributed by atoms with Crippen LogP contribution in [0, 0.1) is 0 Å². The van der Waals surface area contributed by atoms with E-state index in [0.717, 1.165) is 22.0 Å². The fourth-order valence-electron chi connectivity index (χ4n) is 4.95. The van der Waals surface area contributed by atoms with Crippen molar-refractivity contribution in [3.05, 3.63) is 124 Å². The molecule has 1 atom stereocenters. The number of hydrogen-bond donors (Lipinski definition) is 0. The Morgan fingerprint density at radius 1 is 1.09 bits per heavy atom. The highest BCUT2D eigenvalue weighted by atomic mass is 79.9. The van der Waals surface area contributed by atoms with E-state index in [1.165, 1.54) is 11.3 Å². The number of carbonyl (C=O) groups is 1. The van der Waals surface area contributed by atoms with E-state index in [4.69, 9.17) is 30.8 Å². The SMILES string of the molecule is CCCC1=C(C(=O)OCC)[C@@H](c2cc(Cl)ccc2OC)n2c(s/c(=C/c3ccccc3OCc3ccc(Br)cc3)c2=O)=N1. The predicted molar refractivity (Wildman–Crippen MR) is 173 cm³/mol. The van der Waals surface area contributed by atoms with Gasteiger partial charge in [0.1, 0.15) is 24.1 Å². The Morgan fingerprint density at radius 3 is 2.58 bits per heavy atom. The standard InChI is InChI=1S/C33H30BrClN2O5S/c1-4-8-25-29(32(39)41-5-2)30(24-18-23(35)15-16-27(24)40-3)37-31(38)28(43-33(37)36-25)17-21-9-6-7-10-26(21)42-19-20-11-13-22(34)14-12-20/h6-7,9-18,30H,4-5,8,19H2,1-3H3/b28-17+/t30-/m1/s1. The zero-order valence-electron chi connectivity index (χ0n) is 23.9. The van der Waals surface area contributed by atoms with Gasteiger partial charge in [0.2, 0.25) is 0 Å². The first kappa shape index (κ1) is 30.8. The molecule has 1 aliphatic rings. The largest absolute Gasteiger partial charge is 0.496 e. The molecule has 0 saturated heterocycles. The predicted octanol–water partition coefficient (Wildman–Crippen LogP) is 6.58. The van der Waals surface area contributed by atoms with E-state index in [1.54, 1.807) is 42.9 Å². The lowest BCUT2D eigenvalue weighted by Gasteiger charge is -2.27. The van der Waals surface area contributed by atoms with Crippen molar-refractivity contribution in [1.82, 2.24) is 4.57 Å². The van der Waals surface area contributed by atoms with Gasteiger partial charge in [0.15, 0.2) is 4.80 Å². The Kier molecular flexibility index (Phi) is 9.85. The Morgan fingerprint density at radius 2 is 1.86 bits per heavy atom. The van der Waals surface area contributed by atoms with Crippen molar-refractivity contribution in [2.24, 2.45) is 4.99 Å². The summed E-state index contributed by atoms with van der Waals surface area (Å²) >= 11 is 11.2. The molecule has 0 saturated carbocycles. The third kappa shape index (κ3) is 6.64. The molecule has 0 spiro atoms. The molecule has 2 heterocycles. The van der Waals surface area contributed by atoms with E-state index >= 15 is 0 Å². The van der Waals surface area contributed by atoms with E-state index < -0.39 is 12.0 Å². The summed E-state index contributed by atoms with van der Waals surface area (Å²) in [5.41, 5.74) is 2.94. The van der Waals surface area contributed by atoms with Gasteiger partial charge in [-0.1, -0.05) is 82.5 Å². The quantitative estimate of drug-likeness (QED) is 0.177. The average molecular weight is 682 g/mol. The lowest BCUT2D eigenvalue weighted by atomic mass is 9.93. The number of nitrogens with zero attached hydrogens (tertiary/aromatic N) is 2. The molecule has 5 rings (SSSR count). The summed E-state index contributed by atoms with van der Waals surface area (Å²) in [5, 5.41) is 0.451. The van der Waals surface area contributed by atoms with Gasteiger partial charge in [0, 0.05) is 20.6 Å². The Bertz CT molecular complexity index is 1860. The topological polar surface area (TPSA) is 79.1 Å². The van der Waals surface area contributed by atoms with Gasteiger partial charge in [-0.3, -0.25) is 9.36 Å². The smallest absolute Gasteiger partial charge is 0.338 e. The molecule has 1 aliphatic heterocycles. The first-order valence-corrected chi connectivity index (χ1v) is 15.8. The molecule has 43 heavy (non-hydrogen) atoms. The minimum absolute atomic E-state index is 0.183. The zero-order chi connectivity index (χ0) is 30.5. The summed E-state index contributed by atoms with van der Waals surface area (Å²) in [6, 6.07) is 19.8. The number of halogens is 2. The second-order valence-electron chi connectivity index (χ2n) is 9.75. The molecule has 0 radical (unpaired) electrons. The molecule has 0 aliphatic carbocycles. The minimum Gasteiger partial charge on any atom is -0.496 e. The van der Waals surface area contributed by atoms with Gasteiger partial charge < -0.3 is 14.2 Å². The number of ether oxygens (including phenoxy) is 3. The molecule has 7 nitrogen and oxygen atoms in total. The average Bonchev–Trinajstić information content (AvgIpc) is 3.31. The van der Waals surface area contributed by atoms with Crippen molar-refractivity contribution < 1.29 is 19.0 Å². The highest BCUT2D eigenvalue weighted by molar-refractivity contribution is 9.10. The van der Waals surface area contributed by atoms with Crippen molar-refractivity contribution >= 4 is 50.9 Å². The van der Waals surface area contributed by atoms with E-state index in [2.05, 4.69) is 15.9 Å². The molecule has 0 fully saturated rings. The van der Waals surface area contributed by atoms with Gasteiger partial charge in [0.05, 0.1) is 29.5 Å². The maximum atomic E-state index is 14.2. The Balaban J connectivity index is 1.67. The fourth-order valence-corrected chi connectivity index (χ4v) is 6.40. The number of methoxy groups -OCH3 is 1. The lowest BCUT2D eigenvalue weighted by molar-refractivity contribution is -0.139. The van der Waals surface area contributed by atoms with Crippen LogP contribution in [0.1, 0.15) is 49.4 Å². The van der Waals surface area contributed by atoms with Crippen LogP contribution in [0.4, 0.5) is 0 Å². The van der Waals surface area contributed by atoms with Crippen LogP contribution in [-0.2, 0) is 16.1 Å². The number of carbonyl (C=O) groups excluding carboxylic acids is 1. The van der Waals surface area contributed by atoms with Crippen molar-refractivity contribution in [1.29, 1.82) is 0 Å². The van der Waals surface area contributed by atoms with Crippen LogP contribution in [0.15, 0.2) is 92.3 Å². The molecule has 0 unspecified atom stereocenters. The minimum atomic E-state index is -0.837. The number of esters is 1. The van der Waals surface area contributed by atoms with Gasteiger partial charge in [0.25, 0.3) is 5.56 Å². The number of para-hydroxylation sites is 1. The molecule has 4 aromatic rings. The van der Waals surface area contributed by atoms with Crippen molar-refractivity contribution in [2.75, 3.05) is 13.7 Å². The summed E-state index contributed by atoms with van der Waals surface area (Å²) in [6.07, 6.45) is 3.09. The van der Waals surface area contributed by atoms with Crippen molar-refractivity contribution in [2.45, 2.75) is 39.3 Å². The number of aromatic nitrogens is 1. The zero-order valence-corrected chi connectivity index (χ0v) is 27.1. The van der Waals surface area contributed by atoms with Crippen molar-refractivity contribution in [3.63, 3.8) is 0 Å². The molecule has 3 aromatic carbocycles. The number of benzene rings is 3. The van der Waals surface area contributed by atoms with Gasteiger partial charge in [-0.2, -0.15) is 0 Å². The second-order valence-corrected chi connectivity index (χ2v) is 12.1. The number of fused-ring (bicyclic) bond motifs is 1. The maximum absolute atomic E-state index is 14.2. The summed E-state index contributed by atoms with van der Waals surface area (Å²) < 4.78 is 20.3. The fraction of sp³-hybridized carbons (Fsp3) is 0.242. The van der Waals surface area contributed by atoms with E-state index in [-0.39, 0.29) is 12.2 Å². The first-order valence-electron chi connectivity index (χ1n) is 13.9. The molecule has 0 N–H and O–H groups in total. The number of allylic oxidation sites excluding steroid dienone is 1. The van der Waals surface area contributed by atoms with Crippen LogP contribution in [0.3, 0.4) is 0 Å². The maximum Gasteiger partial charge on any atom is 0.338 e. The summed E-state index contributed by atoms with van der Waals surface area (Å²) in [6.45, 7) is 4.32. The van der Waals surface area contributed by atoms with Crippen LogP contribution in [-0.4, -0.2) is 24.3 Å². The number of rotatable bonds is 10. The van der Waals surface area contributed by atoms with Gasteiger partial charge in [-0.15, -0.1) is 0 Å². The van der Waals surface area contributed by atoms with Crippen molar-refractivity contribution in [3.8, 4) is 11.5 Å². The lowest BCUT2D eigenvalue weighted by Crippen LogP contribution is -2.40. The molecule has 222 valence electrons. The van der Waals surface area contributed by atoms with Crippen LogP contribution in [0.25, 0.3) is 6.08 Å². The monoisotopic (exact) mass is 680 g/mol. The number of thiazole rings is 1. The van der Waals surface area contributed by atoms with Crippen LogP contribution in [0.2, 0.25) is 5.02 Å². The molecular formula is C33H30BrClN2O5S. The normalized spacial score (nSPS) is 14.7. The summed E-state index contributed by atoms with van der Waals surface area (Å²) in [5.74, 6) is 0.612. The molecule has 0 amide bonds. The summed E-state index contributed by atoms with van der Waals surface area (Å²) in [7, 11) is 1.54. The van der Waals surface area contributed by atoms with E-state index in [0.29, 0.717) is 55.7 Å². The molecule has 1 aromatic heterocycles. The molecule has 0 bridgehead atoms. The second kappa shape index (κ2) is 13.8. The highest BCUT2D eigenvalue weighted by Gasteiger charge is 2.36. The van der Waals surface area contributed by atoms with Crippen LogP contribution in [0.5, 0.6) is 11.5 Å². The third-order valence-electron chi connectivity index (χ3n) is 6.89. The highest BCUT2D eigenvalue weighted by Crippen LogP contribution is 2.38. The number of hydrogen-bond acceptors (Lipinski definition) is 7. The third-order valence-corrected chi connectivity index (χ3v) is 8.64. The summed E-state index contributed by atoms with van der Waals surface area (Å²) in [4.78, 5) is 33.0. The Labute approximate surface area is 266 Å². The molecular weight excluding hydrogens is 652 g/mol. The van der Waals surface area contributed by atoms with Crippen LogP contribution >= 0.6 is 38.9 Å². The first-order chi connectivity index (χ1) is 20.8.